The van der Waals surface area contributed by atoms with E-state index >= 15 is 0 Å². The zero-order chi connectivity index (χ0) is 32.6. The predicted octanol–water partition coefficient (Wildman–Crippen LogP) is 8.06. The minimum Gasteiger partial charge on any atom is -0.478 e. The SMILES string of the molecule is Cc1nc2cc(-c3c(C4CCCCC4)c4ccc(C(=O)NC(C)(C)C(=O)Nc5ccc(/C=C/C(=O)O)cc5)cc4n3C)ccc2s1. The van der Waals surface area contributed by atoms with Crippen molar-refractivity contribution in [1.29, 1.82) is 0 Å². The van der Waals surface area contributed by atoms with Crippen molar-refractivity contribution in [1.82, 2.24) is 14.9 Å². The molecule has 236 valence electrons. The summed E-state index contributed by atoms with van der Waals surface area (Å²) >= 11 is 1.70. The number of hydrogen-bond donors (Lipinski definition) is 3. The molecule has 6 rings (SSSR count). The summed E-state index contributed by atoms with van der Waals surface area (Å²) < 4.78 is 3.39. The lowest BCUT2D eigenvalue weighted by Gasteiger charge is -2.25. The number of aliphatic carboxylic acids is 1. The van der Waals surface area contributed by atoms with Gasteiger partial charge in [0.2, 0.25) is 5.91 Å². The van der Waals surface area contributed by atoms with Gasteiger partial charge in [0.05, 0.1) is 20.9 Å². The standard InChI is InChI=1S/C37H38N4O4S/c1-22-38-29-20-25(14-18-31(29)46-22)34-33(24-8-6-5-7-9-24)28-17-13-26(21-30(28)41(34)4)35(44)40-37(2,3)36(45)39-27-15-10-23(11-16-27)12-19-32(42)43/h10-21,24H,5-9H2,1-4H3,(H,39,45)(H,40,44)(H,42,43)/b19-12+. The third-order valence-corrected chi connectivity index (χ3v) is 9.82. The summed E-state index contributed by atoms with van der Waals surface area (Å²) in [6.45, 7) is 5.37. The van der Waals surface area contributed by atoms with Gasteiger partial charge in [0, 0.05) is 40.8 Å². The second-order valence-corrected chi connectivity index (χ2v) is 13.9. The highest BCUT2D eigenvalue weighted by atomic mass is 32.1. The van der Waals surface area contributed by atoms with Gasteiger partial charge in [-0.1, -0.05) is 43.5 Å². The maximum Gasteiger partial charge on any atom is 0.328 e. The van der Waals surface area contributed by atoms with Crippen LogP contribution in [0.15, 0.2) is 66.7 Å². The molecule has 2 amide bonds. The van der Waals surface area contributed by atoms with Crippen LogP contribution in [-0.2, 0) is 16.6 Å². The van der Waals surface area contributed by atoms with Crippen LogP contribution in [0.25, 0.3) is 38.5 Å². The van der Waals surface area contributed by atoms with E-state index in [1.807, 2.05) is 19.1 Å². The van der Waals surface area contributed by atoms with E-state index in [0.717, 1.165) is 45.9 Å². The molecule has 0 bridgehead atoms. The van der Waals surface area contributed by atoms with Gasteiger partial charge in [-0.15, -0.1) is 11.3 Å². The third kappa shape index (κ3) is 6.33. The molecule has 2 aromatic heterocycles. The van der Waals surface area contributed by atoms with Crippen LogP contribution < -0.4 is 10.6 Å². The number of carbonyl (C=O) groups is 3. The normalized spacial score (nSPS) is 14.3. The number of anilines is 1. The van der Waals surface area contributed by atoms with Crippen molar-refractivity contribution in [2.24, 2.45) is 7.05 Å². The maximum absolute atomic E-state index is 13.6. The average Bonchev–Trinajstić information content (AvgIpc) is 3.55. The molecular formula is C37H38N4O4S. The number of aryl methyl sites for hydroxylation is 2. The summed E-state index contributed by atoms with van der Waals surface area (Å²) in [5.41, 5.74) is 6.15. The Bertz CT molecular complexity index is 2000. The molecule has 0 unspecified atom stereocenters. The summed E-state index contributed by atoms with van der Waals surface area (Å²) in [6.07, 6.45) is 8.53. The van der Waals surface area contributed by atoms with E-state index in [1.54, 1.807) is 49.4 Å². The summed E-state index contributed by atoms with van der Waals surface area (Å²) in [5.74, 6) is -1.29. The van der Waals surface area contributed by atoms with Crippen LogP contribution in [-0.4, -0.2) is 38.0 Å². The number of nitrogens with zero attached hydrogens (tertiary/aromatic N) is 2. The number of benzene rings is 3. The fraction of sp³-hybridized carbons (Fsp3) is 0.297. The number of thiazole rings is 1. The Balaban J connectivity index is 1.28. The fourth-order valence-corrected chi connectivity index (χ4v) is 7.30. The molecular weight excluding hydrogens is 596 g/mol. The number of amides is 2. The van der Waals surface area contributed by atoms with E-state index in [1.165, 1.54) is 41.3 Å². The first-order valence-electron chi connectivity index (χ1n) is 15.6. The molecule has 8 nitrogen and oxygen atoms in total. The quantitative estimate of drug-likeness (QED) is 0.150. The summed E-state index contributed by atoms with van der Waals surface area (Å²) in [5, 5.41) is 16.8. The fourth-order valence-electron chi connectivity index (χ4n) is 6.50. The van der Waals surface area contributed by atoms with Crippen molar-refractivity contribution in [2.45, 2.75) is 64.3 Å². The topological polar surface area (TPSA) is 113 Å². The van der Waals surface area contributed by atoms with Crippen molar-refractivity contribution in [2.75, 3.05) is 5.32 Å². The number of rotatable bonds is 8. The Morgan fingerprint density at radius 2 is 1.74 bits per heavy atom. The second kappa shape index (κ2) is 12.6. The van der Waals surface area contributed by atoms with Gasteiger partial charge < -0.3 is 20.3 Å². The van der Waals surface area contributed by atoms with Gasteiger partial charge in [-0.3, -0.25) is 9.59 Å². The molecule has 0 aliphatic heterocycles. The lowest BCUT2D eigenvalue weighted by atomic mass is 9.81. The van der Waals surface area contributed by atoms with Crippen LogP contribution in [0, 0.1) is 6.92 Å². The highest BCUT2D eigenvalue weighted by Crippen LogP contribution is 2.44. The van der Waals surface area contributed by atoms with Gasteiger partial charge in [0.1, 0.15) is 5.54 Å². The van der Waals surface area contributed by atoms with E-state index < -0.39 is 11.5 Å². The Morgan fingerprint density at radius 3 is 2.46 bits per heavy atom. The summed E-state index contributed by atoms with van der Waals surface area (Å²) in [4.78, 5) is 42.3. The molecule has 1 saturated carbocycles. The van der Waals surface area contributed by atoms with Crippen LogP contribution in [0.5, 0.6) is 0 Å². The number of fused-ring (bicyclic) bond motifs is 2. The van der Waals surface area contributed by atoms with Gasteiger partial charge in [-0.05, 0) is 93.1 Å². The highest BCUT2D eigenvalue weighted by molar-refractivity contribution is 7.18. The summed E-state index contributed by atoms with van der Waals surface area (Å²) in [7, 11) is 2.07. The van der Waals surface area contributed by atoms with Crippen molar-refractivity contribution in [3.8, 4) is 11.3 Å². The van der Waals surface area contributed by atoms with E-state index in [0.29, 0.717) is 22.7 Å². The number of carboxylic acid groups (broad SMARTS) is 1. The third-order valence-electron chi connectivity index (χ3n) is 8.86. The molecule has 3 aromatic carbocycles. The maximum atomic E-state index is 13.6. The lowest BCUT2D eigenvalue weighted by Crippen LogP contribution is -2.52. The van der Waals surface area contributed by atoms with Crippen molar-refractivity contribution in [3.05, 3.63) is 88.4 Å². The predicted molar refractivity (Wildman–Crippen MR) is 185 cm³/mol. The monoisotopic (exact) mass is 634 g/mol. The van der Waals surface area contributed by atoms with Crippen LogP contribution in [0.3, 0.4) is 0 Å². The molecule has 0 radical (unpaired) electrons. The van der Waals surface area contributed by atoms with Crippen molar-refractivity contribution < 1.29 is 19.5 Å². The lowest BCUT2D eigenvalue weighted by molar-refractivity contribution is -0.131. The minimum absolute atomic E-state index is 0.336. The van der Waals surface area contributed by atoms with Gasteiger partial charge in [-0.25, -0.2) is 9.78 Å². The van der Waals surface area contributed by atoms with E-state index in [9.17, 15) is 14.4 Å². The Morgan fingerprint density at radius 1 is 1.00 bits per heavy atom. The Kier molecular flexibility index (Phi) is 8.53. The largest absolute Gasteiger partial charge is 0.478 e. The molecule has 9 heteroatoms. The van der Waals surface area contributed by atoms with Gasteiger partial charge in [-0.2, -0.15) is 0 Å². The molecule has 0 atom stereocenters. The van der Waals surface area contributed by atoms with Crippen LogP contribution in [0.4, 0.5) is 5.69 Å². The van der Waals surface area contributed by atoms with Gasteiger partial charge in [0.15, 0.2) is 0 Å². The van der Waals surface area contributed by atoms with E-state index in [2.05, 4.69) is 46.5 Å². The Hall–Kier alpha value is -4.76. The molecule has 1 aliphatic carbocycles. The van der Waals surface area contributed by atoms with Crippen LogP contribution in [0.2, 0.25) is 0 Å². The zero-order valence-electron chi connectivity index (χ0n) is 26.5. The van der Waals surface area contributed by atoms with E-state index in [-0.39, 0.29) is 11.8 Å². The minimum atomic E-state index is -1.21. The molecule has 5 aromatic rings. The second-order valence-electron chi connectivity index (χ2n) is 12.6. The van der Waals surface area contributed by atoms with Gasteiger partial charge in [0.25, 0.3) is 5.91 Å². The van der Waals surface area contributed by atoms with Crippen molar-refractivity contribution >= 4 is 62.0 Å². The molecule has 2 heterocycles. The number of carbonyl (C=O) groups excluding carboxylic acids is 2. The van der Waals surface area contributed by atoms with Crippen LogP contribution in [0.1, 0.15) is 78.4 Å². The first-order chi connectivity index (χ1) is 22.0. The average molecular weight is 635 g/mol. The molecule has 46 heavy (non-hydrogen) atoms. The molecule has 0 spiro atoms. The Labute approximate surface area is 272 Å². The molecule has 1 aliphatic rings. The van der Waals surface area contributed by atoms with Crippen LogP contribution >= 0.6 is 11.3 Å². The molecule has 3 N–H and O–H groups in total. The smallest absolute Gasteiger partial charge is 0.328 e. The first-order valence-corrected chi connectivity index (χ1v) is 16.5. The first kappa shape index (κ1) is 31.2. The van der Waals surface area contributed by atoms with Crippen molar-refractivity contribution in [3.63, 3.8) is 0 Å². The molecule has 1 fully saturated rings. The molecule has 0 saturated heterocycles. The van der Waals surface area contributed by atoms with E-state index in [4.69, 9.17) is 10.1 Å². The number of nitrogens with one attached hydrogen (secondary N) is 2. The number of hydrogen-bond acceptors (Lipinski definition) is 5. The highest BCUT2D eigenvalue weighted by Gasteiger charge is 2.31. The summed E-state index contributed by atoms with van der Waals surface area (Å²) in [6, 6.07) is 19.2. The van der Waals surface area contributed by atoms with Gasteiger partial charge >= 0.3 is 5.97 Å². The zero-order valence-corrected chi connectivity index (χ0v) is 27.3. The number of aromatic nitrogens is 2. The number of carboxylic acids is 1.